The van der Waals surface area contributed by atoms with Crippen molar-refractivity contribution in [2.24, 2.45) is 0 Å². The van der Waals surface area contributed by atoms with Crippen LogP contribution in [-0.4, -0.2) is 35.4 Å². The molecule has 150 valence electrons. The molecule has 2 unspecified atom stereocenters. The molecule has 0 saturated heterocycles. The molecule has 1 fully saturated rings. The van der Waals surface area contributed by atoms with Crippen molar-refractivity contribution in [2.75, 3.05) is 13.2 Å². The maximum Gasteiger partial charge on any atom is 0.341 e. The molecule has 1 saturated carbocycles. The van der Waals surface area contributed by atoms with E-state index in [1.165, 1.54) is 5.56 Å². The molecule has 2 aromatic carbocycles. The van der Waals surface area contributed by atoms with E-state index in [9.17, 15) is 9.90 Å². The second kappa shape index (κ2) is 9.92. The first kappa shape index (κ1) is 20.6. The first-order chi connectivity index (χ1) is 13.5. The Balaban J connectivity index is 1.51. The summed E-state index contributed by atoms with van der Waals surface area (Å²) in [6.45, 7) is 0.170. The Morgan fingerprint density at radius 3 is 2.71 bits per heavy atom. The Morgan fingerprint density at radius 2 is 2.00 bits per heavy atom. The fraction of sp³-hybridized carbons (Fsp3) is 0.409. The van der Waals surface area contributed by atoms with Gasteiger partial charge in [-0.15, -0.1) is 0 Å². The van der Waals surface area contributed by atoms with Gasteiger partial charge in [-0.1, -0.05) is 42.3 Å². The lowest BCUT2D eigenvalue weighted by atomic mass is 9.81. The number of nitrogens with one attached hydrogen (secondary N) is 1. The van der Waals surface area contributed by atoms with Crippen molar-refractivity contribution in [3.8, 4) is 5.75 Å². The molecule has 5 nitrogen and oxygen atoms in total. The van der Waals surface area contributed by atoms with Crippen LogP contribution in [0.5, 0.6) is 5.75 Å². The molecule has 1 aliphatic carbocycles. The molecule has 0 radical (unpaired) electrons. The summed E-state index contributed by atoms with van der Waals surface area (Å²) in [5, 5.41) is 23.2. The van der Waals surface area contributed by atoms with Crippen molar-refractivity contribution in [3.05, 3.63) is 64.7 Å². The Kier molecular flexibility index (Phi) is 7.31. The highest BCUT2D eigenvalue weighted by atomic mass is 35.5. The molecule has 0 aliphatic heterocycles. The van der Waals surface area contributed by atoms with Crippen LogP contribution >= 0.6 is 11.6 Å². The molecule has 0 bridgehead atoms. The van der Waals surface area contributed by atoms with Crippen LogP contribution < -0.4 is 10.1 Å². The molecule has 3 rings (SSSR count). The van der Waals surface area contributed by atoms with Crippen molar-refractivity contribution >= 4 is 17.6 Å². The fourth-order valence-corrected chi connectivity index (χ4v) is 3.97. The van der Waals surface area contributed by atoms with Crippen LogP contribution in [0.2, 0.25) is 5.02 Å². The Bertz CT molecular complexity index is 780. The summed E-state index contributed by atoms with van der Waals surface area (Å²) in [6.07, 6.45) is 3.79. The standard InChI is InChI=1S/C22H26ClNO4/c23-18-5-1-4-17(11-18)21(25)13-24-19-6-2-3-16(12-19)15-7-9-20(10-8-15)28-14-22(26)27/h1,4-5,7-11,16,19,21,24-25H,2-3,6,12-14H2,(H,26,27)/t16?,19?,21-/m0/s1. The van der Waals surface area contributed by atoms with Crippen molar-refractivity contribution in [3.63, 3.8) is 0 Å². The predicted molar refractivity (Wildman–Crippen MR) is 109 cm³/mol. The van der Waals surface area contributed by atoms with E-state index in [1.807, 2.05) is 36.4 Å². The van der Waals surface area contributed by atoms with Crippen molar-refractivity contribution < 1.29 is 19.7 Å². The van der Waals surface area contributed by atoms with Gasteiger partial charge >= 0.3 is 5.97 Å². The lowest BCUT2D eigenvalue weighted by Crippen LogP contribution is -2.36. The van der Waals surface area contributed by atoms with Gasteiger partial charge in [0, 0.05) is 17.6 Å². The minimum Gasteiger partial charge on any atom is -0.482 e. The highest BCUT2D eigenvalue weighted by Gasteiger charge is 2.23. The number of ether oxygens (including phenoxy) is 1. The number of halogens is 1. The van der Waals surface area contributed by atoms with E-state index in [0.717, 1.165) is 31.2 Å². The van der Waals surface area contributed by atoms with Gasteiger partial charge in [0.25, 0.3) is 0 Å². The predicted octanol–water partition coefficient (Wildman–Crippen LogP) is 4.15. The Hall–Kier alpha value is -2.08. The molecule has 28 heavy (non-hydrogen) atoms. The van der Waals surface area contributed by atoms with Crippen LogP contribution in [0.4, 0.5) is 0 Å². The van der Waals surface area contributed by atoms with E-state index >= 15 is 0 Å². The van der Waals surface area contributed by atoms with E-state index in [0.29, 0.717) is 29.3 Å². The van der Waals surface area contributed by atoms with Gasteiger partial charge in [0.05, 0.1) is 6.10 Å². The van der Waals surface area contributed by atoms with Gasteiger partial charge in [0.15, 0.2) is 6.61 Å². The number of carbonyl (C=O) groups is 1. The van der Waals surface area contributed by atoms with E-state index in [1.54, 1.807) is 12.1 Å². The first-order valence-corrected chi connectivity index (χ1v) is 10.0. The second-order valence-electron chi connectivity index (χ2n) is 7.29. The van der Waals surface area contributed by atoms with Crippen LogP contribution in [-0.2, 0) is 4.79 Å². The van der Waals surface area contributed by atoms with Crippen molar-refractivity contribution in [1.82, 2.24) is 5.32 Å². The third-order valence-corrected chi connectivity index (χ3v) is 5.46. The third-order valence-electron chi connectivity index (χ3n) is 5.22. The Morgan fingerprint density at radius 1 is 1.21 bits per heavy atom. The topological polar surface area (TPSA) is 78.8 Å². The number of hydrogen-bond acceptors (Lipinski definition) is 4. The average Bonchev–Trinajstić information content (AvgIpc) is 2.71. The van der Waals surface area contributed by atoms with Crippen molar-refractivity contribution in [1.29, 1.82) is 0 Å². The summed E-state index contributed by atoms with van der Waals surface area (Å²) in [7, 11) is 0. The second-order valence-corrected chi connectivity index (χ2v) is 7.73. The SMILES string of the molecule is O=C(O)COc1ccc(C2CCCC(NC[C@H](O)c3cccc(Cl)c3)C2)cc1. The van der Waals surface area contributed by atoms with Crippen LogP contribution in [0.1, 0.15) is 48.8 Å². The summed E-state index contributed by atoms with van der Waals surface area (Å²) >= 11 is 6.00. The number of benzene rings is 2. The molecular formula is C22H26ClNO4. The van der Waals surface area contributed by atoms with Gasteiger partial charge < -0.3 is 20.3 Å². The summed E-state index contributed by atoms with van der Waals surface area (Å²) < 4.78 is 5.20. The summed E-state index contributed by atoms with van der Waals surface area (Å²) in [4.78, 5) is 10.6. The van der Waals surface area contributed by atoms with Gasteiger partial charge in [-0.2, -0.15) is 0 Å². The molecule has 6 heteroatoms. The maximum atomic E-state index is 10.6. The number of aliphatic hydroxyl groups is 1. The summed E-state index contributed by atoms with van der Waals surface area (Å²) in [5.74, 6) is 0.0367. The highest BCUT2D eigenvalue weighted by molar-refractivity contribution is 6.30. The smallest absolute Gasteiger partial charge is 0.341 e. The van der Waals surface area contributed by atoms with E-state index in [2.05, 4.69) is 5.32 Å². The number of aliphatic hydroxyl groups excluding tert-OH is 1. The zero-order valence-corrected chi connectivity index (χ0v) is 16.4. The lowest BCUT2D eigenvalue weighted by molar-refractivity contribution is -0.139. The minimum absolute atomic E-state index is 0.330. The molecule has 0 spiro atoms. The van der Waals surface area contributed by atoms with Gasteiger partial charge in [-0.05, 0) is 60.6 Å². The quantitative estimate of drug-likeness (QED) is 0.617. The molecule has 1 aliphatic rings. The van der Waals surface area contributed by atoms with Crippen LogP contribution in [0, 0.1) is 0 Å². The van der Waals surface area contributed by atoms with Crippen LogP contribution in [0.25, 0.3) is 0 Å². The first-order valence-electron chi connectivity index (χ1n) is 9.62. The van der Waals surface area contributed by atoms with E-state index < -0.39 is 12.1 Å². The number of hydrogen-bond donors (Lipinski definition) is 3. The molecule has 2 aromatic rings. The third kappa shape index (κ3) is 5.96. The number of carboxylic acid groups (broad SMARTS) is 1. The lowest BCUT2D eigenvalue weighted by Gasteiger charge is -2.31. The normalized spacial score (nSPS) is 20.5. The monoisotopic (exact) mass is 403 g/mol. The van der Waals surface area contributed by atoms with Gasteiger partial charge in [0.2, 0.25) is 0 Å². The average molecular weight is 404 g/mol. The molecular weight excluding hydrogens is 378 g/mol. The summed E-state index contributed by atoms with van der Waals surface area (Å²) in [6, 6.07) is 15.4. The largest absolute Gasteiger partial charge is 0.482 e. The summed E-state index contributed by atoms with van der Waals surface area (Å²) in [5.41, 5.74) is 2.06. The highest BCUT2D eigenvalue weighted by Crippen LogP contribution is 2.34. The van der Waals surface area contributed by atoms with Gasteiger partial charge in [0.1, 0.15) is 5.75 Å². The number of rotatable bonds is 8. The van der Waals surface area contributed by atoms with Crippen LogP contribution in [0.15, 0.2) is 48.5 Å². The zero-order chi connectivity index (χ0) is 19.9. The zero-order valence-electron chi connectivity index (χ0n) is 15.7. The van der Waals surface area contributed by atoms with Crippen molar-refractivity contribution in [2.45, 2.75) is 43.7 Å². The fourth-order valence-electron chi connectivity index (χ4n) is 3.77. The van der Waals surface area contributed by atoms with E-state index in [4.69, 9.17) is 21.4 Å². The number of carboxylic acids is 1. The molecule has 0 heterocycles. The van der Waals surface area contributed by atoms with Gasteiger partial charge in [-0.25, -0.2) is 4.79 Å². The van der Waals surface area contributed by atoms with Crippen LogP contribution in [0.3, 0.4) is 0 Å². The molecule has 3 N–H and O–H groups in total. The molecule has 0 aromatic heterocycles. The maximum absolute atomic E-state index is 10.6. The Labute approximate surface area is 170 Å². The molecule has 3 atom stereocenters. The van der Waals surface area contributed by atoms with Gasteiger partial charge in [-0.3, -0.25) is 0 Å². The minimum atomic E-state index is -0.981. The number of aliphatic carboxylic acids is 1. The molecule has 0 amide bonds. The van der Waals surface area contributed by atoms with E-state index in [-0.39, 0.29) is 6.61 Å².